The van der Waals surface area contributed by atoms with Crippen LogP contribution in [0.2, 0.25) is 0 Å². The topological polar surface area (TPSA) is 101 Å². The lowest BCUT2D eigenvalue weighted by atomic mass is 10.0. The van der Waals surface area contributed by atoms with E-state index in [0.29, 0.717) is 34.0 Å². The van der Waals surface area contributed by atoms with Crippen molar-refractivity contribution in [2.24, 2.45) is 5.10 Å². The molecule has 160 valence electrons. The lowest BCUT2D eigenvalue weighted by Crippen LogP contribution is -2.18. The van der Waals surface area contributed by atoms with Crippen molar-refractivity contribution in [2.45, 2.75) is 6.92 Å². The van der Waals surface area contributed by atoms with Crippen molar-refractivity contribution in [3.63, 3.8) is 0 Å². The molecule has 7 nitrogen and oxygen atoms in total. The summed E-state index contributed by atoms with van der Waals surface area (Å²) in [5, 5.41) is 15.2. The van der Waals surface area contributed by atoms with E-state index >= 15 is 0 Å². The van der Waals surface area contributed by atoms with Crippen LogP contribution in [0.1, 0.15) is 32.0 Å². The maximum Gasteiger partial charge on any atom is 0.335 e. The van der Waals surface area contributed by atoms with Crippen LogP contribution in [0.25, 0.3) is 22.1 Å². The zero-order valence-electron chi connectivity index (χ0n) is 17.5. The number of carbonyl (C=O) groups is 2. The highest BCUT2D eigenvalue weighted by atomic mass is 16.5. The number of ether oxygens (including phenoxy) is 1. The summed E-state index contributed by atoms with van der Waals surface area (Å²) in [6.07, 6.45) is 1.38. The molecule has 0 aliphatic carbocycles. The number of carbonyl (C=O) groups excluding carboxylic acids is 1. The summed E-state index contributed by atoms with van der Waals surface area (Å²) >= 11 is 0. The number of methoxy groups -OCH3 is 1. The standard InChI is InChI=1S/C25H20N2O5/c1-15-19(8-5-9-20(15)25(29)30)22-11-10-18(32-22)14-26-27-24(28)21-12-16-6-3-4-7-17(16)13-23(21)31-2/h3-14H,1-2H3,(H,27,28)(H,29,30). The summed E-state index contributed by atoms with van der Waals surface area (Å²) < 4.78 is 11.1. The third-order valence-electron chi connectivity index (χ3n) is 5.13. The first-order valence-electron chi connectivity index (χ1n) is 9.81. The fourth-order valence-electron chi connectivity index (χ4n) is 3.48. The number of carboxylic acids is 1. The van der Waals surface area contributed by atoms with Gasteiger partial charge in [-0.05, 0) is 53.6 Å². The molecule has 1 amide bonds. The predicted octanol–water partition coefficient (Wildman–Crippen LogP) is 4.88. The van der Waals surface area contributed by atoms with Gasteiger partial charge in [0.25, 0.3) is 5.91 Å². The molecule has 1 aromatic heterocycles. The number of amides is 1. The van der Waals surface area contributed by atoms with Gasteiger partial charge in [0.15, 0.2) is 0 Å². The normalized spacial score (nSPS) is 11.1. The minimum Gasteiger partial charge on any atom is -0.496 e. The SMILES string of the molecule is COc1cc2ccccc2cc1C(=O)NN=Cc1ccc(-c2cccc(C(=O)O)c2C)o1. The van der Waals surface area contributed by atoms with E-state index < -0.39 is 11.9 Å². The van der Waals surface area contributed by atoms with Gasteiger partial charge in [-0.3, -0.25) is 4.79 Å². The number of aromatic carboxylic acids is 1. The van der Waals surface area contributed by atoms with Crippen LogP contribution < -0.4 is 10.2 Å². The smallest absolute Gasteiger partial charge is 0.335 e. The Morgan fingerprint density at radius 3 is 2.47 bits per heavy atom. The van der Waals surface area contributed by atoms with Crippen LogP contribution in [0.15, 0.2) is 76.2 Å². The summed E-state index contributed by atoms with van der Waals surface area (Å²) in [5.74, 6) is -0.0453. The second-order valence-corrected chi connectivity index (χ2v) is 7.08. The molecule has 0 atom stereocenters. The second kappa shape index (κ2) is 8.77. The van der Waals surface area contributed by atoms with E-state index in [1.54, 1.807) is 49.4 Å². The molecule has 0 aliphatic heterocycles. The molecule has 0 saturated heterocycles. The Morgan fingerprint density at radius 2 is 1.75 bits per heavy atom. The molecule has 0 saturated carbocycles. The van der Waals surface area contributed by atoms with Gasteiger partial charge in [-0.15, -0.1) is 0 Å². The van der Waals surface area contributed by atoms with Crippen molar-refractivity contribution in [3.05, 3.63) is 89.2 Å². The summed E-state index contributed by atoms with van der Waals surface area (Å²) in [7, 11) is 1.51. The Labute approximate surface area is 183 Å². The lowest BCUT2D eigenvalue weighted by Gasteiger charge is -2.09. The van der Waals surface area contributed by atoms with Crippen LogP contribution in [0.4, 0.5) is 0 Å². The van der Waals surface area contributed by atoms with Gasteiger partial charge in [0.05, 0.1) is 24.5 Å². The summed E-state index contributed by atoms with van der Waals surface area (Å²) in [6, 6.07) is 19.7. The first-order chi connectivity index (χ1) is 15.5. The van der Waals surface area contributed by atoms with Gasteiger partial charge < -0.3 is 14.3 Å². The third-order valence-corrected chi connectivity index (χ3v) is 5.13. The summed E-state index contributed by atoms with van der Waals surface area (Å²) in [4.78, 5) is 24.0. The first-order valence-corrected chi connectivity index (χ1v) is 9.81. The summed E-state index contributed by atoms with van der Waals surface area (Å²) in [6.45, 7) is 1.73. The number of carboxylic acid groups (broad SMARTS) is 1. The van der Waals surface area contributed by atoms with Crippen molar-refractivity contribution in [1.29, 1.82) is 0 Å². The maximum absolute atomic E-state index is 12.6. The Balaban J connectivity index is 1.52. The minimum absolute atomic E-state index is 0.214. The predicted molar refractivity (Wildman–Crippen MR) is 121 cm³/mol. The monoisotopic (exact) mass is 428 g/mol. The van der Waals surface area contributed by atoms with Gasteiger partial charge in [-0.25, -0.2) is 10.2 Å². The van der Waals surface area contributed by atoms with Gasteiger partial charge in [0.1, 0.15) is 17.3 Å². The number of nitrogens with zero attached hydrogens (tertiary/aromatic N) is 1. The van der Waals surface area contributed by atoms with Gasteiger partial charge in [0, 0.05) is 5.56 Å². The fraction of sp³-hybridized carbons (Fsp3) is 0.0800. The lowest BCUT2D eigenvalue weighted by molar-refractivity contribution is 0.0696. The molecule has 7 heteroatoms. The maximum atomic E-state index is 12.6. The van der Waals surface area contributed by atoms with E-state index in [-0.39, 0.29) is 5.56 Å². The van der Waals surface area contributed by atoms with Crippen LogP contribution in [-0.4, -0.2) is 30.3 Å². The Kier molecular flexibility index (Phi) is 5.72. The Morgan fingerprint density at radius 1 is 1.00 bits per heavy atom. The van der Waals surface area contributed by atoms with Gasteiger partial charge in [0.2, 0.25) is 0 Å². The van der Waals surface area contributed by atoms with Gasteiger partial charge in [-0.2, -0.15) is 5.10 Å². The number of furan rings is 1. The molecule has 0 aliphatic rings. The van der Waals surface area contributed by atoms with Crippen LogP contribution in [0.5, 0.6) is 5.75 Å². The van der Waals surface area contributed by atoms with Crippen molar-refractivity contribution in [1.82, 2.24) is 5.43 Å². The molecule has 0 unspecified atom stereocenters. The largest absolute Gasteiger partial charge is 0.496 e. The zero-order valence-corrected chi connectivity index (χ0v) is 17.5. The van der Waals surface area contributed by atoms with E-state index in [2.05, 4.69) is 10.5 Å². The number of hydrogen-bond acceptors (Lipinski definition) is 5. The zero-order chi connectivity index (χ0) is 22.7. The van der Waals surface area contributed by atoms with Crippen molar-refractivity contribution >= 4 is 28.9 Å². The fourth-order valence-corrected chi connectivity index (χ4v) is 3.48. The number of hydrogen-bond donors (Lipinski definition) is 2. The molecule has 0 spiro atoms. The molecule has 0 fully saturated rings. The van der Waals surface area contributed by atoms with Gasteiger partial charge in [-0.1, -0.05) is 36.4 Å². The number of benzene rings is 3. The van der Waals surface area contributed by atoms with Crippen LogP contribution in [-0.2, 0) is 0 Å². The van der Waals surface area contributed by atoms with Crippen LogP contribution >= 0.6 is 0 Å². The van der Waals surface area contributed by atoms with Crippen molar-refractivity contribution in [3.8, 4) is 17.1 Å². The highest BCUT2D eigenvalue weighted by Crippen LogP contribution is 2.28. The first kappa shape index (κ1) is 20.9. The van der Waals surface area contributed by atoms with E-state index in [0.717, 1.165) is 10.8 Å². The van der Waals surface area contributed by atoms with Crippen LogP contribution in [0, 0.1) is 6.92 Å². The van der Waals surface area contributed by atoms with Crippen molar-refractivity contribution < 1.29 is 23.8 Å². The molecule has 32 heavy (non-hydrogen) atoms. The quantitative estimate of drug-likeness (QED) is 0.337. The molecule has 4 rings (SSSR count). The van der Waals surface area contributed by atoms with Crippen molar-refractivity contribution in [2.75, 3.05) is 7.11 Å². The average molecular weight is 428 g/mol. The van der Waals surface area contributed by atoms with E-state index in [4.69, 9.17) is 9.15 Å². The van der Waals surface area contributed by atoms with E-state index in [9.17, 15) is 14.7 Å². The summed E-state index contributed by atoms with van der Waals surface area (Å²) in [5.41, 5.74) is 4.34. The number of nitrogens with one attached hydrogen (secondary N) is 1. The second-order valence-electron chi connectivity index (χ2n) is 7.08. The third kappa shape index (κ3) is 4.09. The molecular weight excluding hydrogens is 408 g/mol. The minimum atomic E-state index is -0.996. The Bertz CT molecular complexity index is 1350. The molecule has 1 heterocycles. The highest BCUT2D eigenvalue weighted by Gasteiger charge is 2.15. The molecule has 3 aromatic carbocycles. The van der Waals surface area contributed by atoms with E-state index in [1.165, 1.54) is 13.3 Å². The molecule has 0 bridgehead atoms. The van der Waals surface area contributed by atoms with E-state index in [1.807, 2.05) is 24.3 Å². The number of rotatable bonds is 6. The number of fused-ring (bicyclic) bond motifs is 1. The molecule has 4 aromatic rings. The van der Waals surface area contributed by atoms with Gasteiger partial charge >= 0.3 is 5.97 Å². The Hall–Kier alpha value is -4.39. The average Bonchev–Trinajstić information content (AvgIpc) is 3.26. The molecule has 2 N–H and O–H groups in total. The van der Waals surface area contributed by atoms with Crippen LogP contribution in [0.3, 0.4) is 0 Å². The number of hydrazone groups is 1. The highest BCUT2D eigenvalue weighted by molar-refractivity contribution is 6.02. The molecule has 0 radical (unpaired) electrons. The molecular formula is C25H20N2O5.